The summed E-state index contributed by atoms with van der Waals surface area (Å²) in [7, 11) is 2.04. The van der Waals surface area contributed by atoms with E-state index in [1.807, 2.05) is 19.2 Å². The van der Waals surface area contributed by atoms with E-state index in [4.69, 9.17) is 4.42 Å². The molecule has 4 nitrogen and oxygen atoms in total. The summed E-state index contributed by atoms with van der Waals surface area (Å²) < 4.78 is 5.27. The molecule has 0 aliphatic heterocycles. The van der Waals surface area contributed by atoms with Crippen molar-refractivity contribution in [3.63, 3.8) is 0 Å². The molecule has 0 radical (unpaired) electrons. The van der Waals surface area contributed by atoms with Gasteiger partial charge in [-0.05, 0) is 38.1 Å². The van der Waals surface area contributed by atoms with Gasteiger partial charge in [0, 0.05) is 19.5 Å². The molecule has 0 saturated heterocycles. The molecule has 0 N–H and O–H groups in total. The van der Waals surface area contributed by atoms with Gasteiger partial charge in [-0.15, -0.1) is 0 Å². The van der Waals surface area contributed by atoms with E-state index in [-0.39, 0.29) is 5.78 Å². The van der Waals surface area contributed by atoms with Crippen molar-refractivity contribution in [2.75, 3.05) is 20.1 Å². The van der Waals surface area contributed by atoms with Crippen LogP contribution < -0.4 is 0 Å². The average Bonchev–Trinajstić information content (AvgIpc) is 2.81. The van der Waals surface area contributed by atoms with Crippen LogP contribution >= 0.6 is 0 Å². The first-order valence-electron chi connectivity index (χ1n) is 6.15. The fourth-order valence-electron chi connectivity index (χ4n) is 1.84. The molecule has 2 aromatic rings. The van der Waals surface area contributed by atoms with Gasteiger partial charge in [0.15, 0.2) is 12.0 Å². The summed E-state index contributed by atoms with van der Waals surface area (Å²) in [6, 6.07) is 6.08. The minimum absolute atomic E-state index is 0.241. The van der Waals surface area contributed by atoms with Gasteiger partial charge in [-0.25, -0.2) is 4.98 Å². The summed E-state index contributed by atoms with van der Waals surface area (Å²) >= 11 is 0. The van der Waals surface area contributed by atoms with Crippen molar-refractivity contribution in [2.24, 2.45) is 0 Å². The van der Waals surface area contributed by atoms with Gasteiger partial charge in [-0.1, -0.05) is 6.07 Å². The number of carbonyl (C=O) groups excluding carboxylic acids is 1. The number of hydrogen-bond donors (Lipinski definition) is 0. The van der Waals surface area contributed by atoms with Crippen LogP contribution in [0.2, 0.25) is 0 Å². The van der Waals surface area contributed by atoms with Crippen molar-refractivity contribution < 1.29 is 9.21 Å². The quantitative estimate of drug-likeness (QED) is 0.784. The fraction of sp³-hybridized carbons (Fsp3) is 0.429. The maximum absolute atomic E-state index is 10.9. The molecule has 0 spiro atoms. The molecule has 96 valence electrons. The predicted octanol–water partition coefficient (Wildman–Crippen LogP) is 2.28. The van der Waals surface area contributed by atoms with E-state index >= 15 is 0 Å². The topological polar surface area (TPSA) is 46.3 Å². The maximum Gasteiger partial charge on any atom is 0.181 e. The van der Waals surface area contributed by atoms with E-state index in [9.17, 15) is 4.79 Å². The first-order chi connectivity index (χ1) is 8.65. The molecule has 18 heavy (non-hydrogen) atoms. The minimum atomic E-state index is 0.241. The van der Waals surface area contributed by atoms with Crippen LogP contribution in [0, 0.1) is 0 Å². The van der Waals surface area contributed by atoms with Crippen LogP contribution in [0.5, 0.6) is 0 Å². The first-order valence-corrected chi connectivity index (χ1v) is 6.15. The minimum Gasteiger partial charge on any atom is -0.443 e. The molecule has 0 saturated carbocycles. The van der Waals surface area contributed by atoms with E-state index in [1.54, 1.807) is 6.92 Å². The van der Waals surface area contributed by atoms with Crippen molar-refractivity contribution in [3.8, 4) is 0 Å². The molecule has 0 atom stereocenters. The molecule has 0 unspecified atom stereocenters. The highest BCUT2D eigenvalue weighted by molar-refractivity contribution is 5.75. The van der Waals surface area contributed by atoms with Gasteiger partial charge >= 0.3 is 0 Å². The van der Waals surface area contributed by atoms with Crippen molar-refractivity contribution in [1.29, 1.82) is 0 Å². The number of fused-ring (bicyclic) bond motifs is 1. The molecule has 0 aliphatic rings. The zero-order chi connectivity index (χ0) is 13.0. The van der Waals surface area contributed by atoms with Gasteiger partial charge in [-0.3, -0.25) is 4.79 Å². The largest absolute Gasteiger partial charge is 0.443 e. The number of nitrogens with zero attached hydrogens (tertiary/aromatic N) is 2. The highest BCUT2D eigenvalue weighted by Gasteiger charge is 2.03. The number of Topliss-reactive ketones (excluding diaryl/α,β-unsaturated/α-hetero) is 1. The van der Waals surface area contributed by atoms with Crippen LogP contribution in [0.3, 0.4) is 0 Å². The number of rotatable bonds is 6. The van der Waals surface area contributed by atoms with Gasteiger partial charge < -0.3 is 9.32 Å². The fourth-order valence-corrected chi connectivity index (χ4v) is 1.84. The Bertz CT molecular complexity index is 533. The Morgan fingerprint density at radius 3 is 3.00 bits per heavy atom. The van der Waals surface area contributed by atoms with Crippen LogP contribution in [0.4, 0.5) is 0 Å². The second-order valence-electron chi connectivity index (χ2n) is 4.66. The van der Waals surface area contributed by atoms with Crippen molar-refractivity contribution >= 4 is 16.9 Å². The first kappa shape index (κ1) is 12.8. The van der Waals surface area contributed by atoms with Crippen LogP contribution in [0.15, 0.2) is 29.0 Å². The van der Waals surface area contributed by atoms with Crippen LogP contribution in [-0.2, 0) is 11.2 Å². The molecule has 0 aliphatic carbocycles. The molecule has 2 rings (SSSR count). The van der Waals surface area contributed by atoms with E-state index in [2.05, 4.69) is 16.0 Å². The molecule has 0 amide bonds. The van der Waals surface area contributed by atoms with Crippen molar-refractivity contribution in [2.45, 2.75) is 19.8 Å². The zero-order valence-electron chi connectivity index (χ0n) is 10.8. The third-order valence-corrected chi connectivity index (χ3v) is 3.02. The Morgan fingerprint density at radius 1 is 1.39 bits per heavy atom. The molecule has 4 heteroatoms. The number of ketones is 1. The second kappa shape index (κ2) is 5.78. The third kappa shape index (κ3) is 3.40. The Hall–Kier alpha value is -1.68. The SMILES string of the molecule is CC(=O)CCN(C)CCc1ccc2ncoc2c1. The summed E-state index contributed by atoms with van der Waals surface area (Å²) in [6.45, 7) is 3.39. The summed E-state index contributed by atoms with van der Waals surface area (Å²) in [5.74, 6) is 0.241. The average molecular weight is 246 g/mol. The monoisotopic (exact) mass is 246 g/mol. The standard InChI is InChI=1S/C14H18N2O2/c1-11(17)5-7-16(2)8-6-12-3-4-13-14(9-12)18-10-15-13/h3-4,9-10H,5-8H2,1-2H3. The van der Waals surface area contributed by atoms with Gasteiger partial charge in [0.2, 0.25) is 0 Å². The number of benzene rings is 1. The number of carbonyl (C=O) groups is 1. The third-order valence-electron chi connectivity index (χ3n) is 3.02. The van der Waals surface area contributed by atoms with Gasteiger partial charge in [0.1, 0.15) is 11.3 Å². The van der Waals surface area contributed by atoms with E-state index in [1.165, 1.54) is 12.0 Å². The molecule has 1 aromatic carbocycles. The van der Waals surface area contributed by atoms with E-state index in [0.29, 0.717) is 6.42 Å². The Labute approximate surface area is 107 Å². The summed E-state index contributed by atoms with van der Waals surface area (Å²) in [6.07, 6.45) is 3.04. The van der Waals surface area contributed by atoms with Crippen LogP contribution in [0.25, 0.3) is 11.1 Å². The lowest BCUT2D eigenvalue weighted by atomic mass is 10.1. The molecular weight excluding hydrogens is 228 g/mol. The summed E-state index contributed by atoms with van der Waals surface area (Å²) in [5, 5.41) is 0. The predicted molar refractivity (Wildman–Crippen MR) is 70.5 cm³/mol. The second-order valence-corrected chi connectivity index (χ2v) is 4.66. The van der Waals surface area contributed by atoms with Crippen molar-refractivity contribution in [3.05, 3.63) is 30.2 Å². The summed E-state index contributed by atoms with van der Waals surface area (Å²) in [5.41, 5.74) is 2.96. The van der Waals surface area contributed by atoms with Crippen LogP contribution in [-0.4, -0.2) is 35.8 Å². The van der Waals surface area contributed by atoms with Crippen molar-refractivity contribution in [1.82, 2.24) is 9.88 Å². The number of aromatic nitrogens is 1. The number of likely N-dealkylation sites (N-methyl/N-ethyl adjacent to an activating group) is 1. The Balaban J connectivity index is 1.87. The highest BCUT2D eigenvalue weighted by atomic mass is 16.3. The van der Waals surface area contributed by atoms with Crippen LogP contribution in [0.1, 0.15) is 18.9 Å². The lowest BCUT2D eigenvalue weighted by molar-refractivity contribution is -0.117. The highest BCUT2D eigenvalue weighted by Crippen LogP contribution is 2.14. The Kier molecular flexibility index (Phi) is 4.10. The lowest BCUT2D eigenvalue weighted by Crippen LogP contribution is -2.23. The molecule has 1 aromatic heterocycles. The molecule has 0 fully saturated rings. The van der Waals surface area contributed by atoms with Gasteiger partial charge in [0.05, 0.1) is 0 Å². The lowest BCUT2D eigenvalue weighted by Gasteiger charge is -2.15. The van der Waals surface area contributed by atoms with Gasteiger partial charge in [0.25, 0.3) is 0 Å². The molecule has 0 bridgehead atoms. The van der Waals surface area contributed by atoms with Gasteiger partial charge in [-0.2, -0.15) is 0 Å². The summed E-state index contributed by atoms with van der Waals surface area (Å²) in [4.78, 5) is 17.2. The molecule has 1 heterocycles. The zero-order valence-corrected chi connectivity index (χ0v) is 10.8. The molecular formula is C14H18N2O2. The van der Waals surface area contributed by atoms with E-state index < -0.39 is 0 Å². The number of oxazole rings is 1. The number of hydrogen-bond acceptors (Lipinski definition) is 4. The maximum atomic E-state index is 10.9. The normalized spacial score (nSPS) is 11.3. The smallest absolute Gasteiger partial charge is 0.181 e. The Morgan fingerprint density at radius 2 is 2.22 bits per heavy atom. The van der Waals surface area contributed by atoms with E-state index in [0.717, 1.165) is 30.6 Å².